The molecule has 1 amide bonds. The Kier molecular flexibility index (Phi) is 5.70. The fourth-order valence-electron chi connectivity index (χ4n) is 2.23. The maximum absolute atomic E-state index is 12.2. The second kappa shape index (κ2) is 7.74. The minimum Gasteiger partial charge on any atom is -0.505 e. The number of hydrogen-bond acceptors (Lipinski definition) is 5. The van der Waals surface area contributed by atoms with E-state index in [-0.39, 0.29) is 5.69 Å². The summed E-state index contributed by atoms with van der Waals surface area (Å²) in [7, 11) is 3.90. The van der Waals surface area contributed by atoms with Crippen molar-refractivity contribution in [1.29, 1.82) is 0 Å². The third kappa shape index (κ3) is 4.42. The molecule has 0 saturated heterocycles. The van der Waals surface area contributed by atoms with Gasteiger partial charge in [-0.15, -0.1) is 0 Å². The average molecular weight is 330 g/mol. The molecule has 7 heteroatoms. The molecule has 0 radical (unpaired) electrons. The van der Waals surface area contributed by atoms with Gasteiger partial charge in [-0.25, -0.2) is 0 Å². The maximum Gasteiger partial charge on any atom is 0.275 e. The Morgan fingerprint density at radius 3 is 2.75 bits per heavy atom. The molecule has 1 aromatic carbocycles. The molecule has 1 aromatic heterocycles. The average Bonchev–Trinajstić information content (AvgIpc) is 2.51. The first-order valence-corrected chi connectivity index (χ1v) is 7.72. The largest absolute Gasteiger partial charge is 0.505 e. The Bertz CT molecular complexity index is 784. The molecule has 0 bridgehead atoms. The molecule has 2 N–H and O–H groups in total. The molecule has 0 fully saturated rings. The van der Waals surface area contributed by atoms with Crippen LogP contribution in [0.2, 0.25) is 0 Å². The van der Waals surface area contributed by atoms with Crippen molar-refractivity contribution in [3.05, 3.63) is 51.9 Å². The van der Waals surface area contributed by atoms with Crippen molar-refractivity contribution in [2.24, 2.45) is 0 Å². The maximum atomic E-state index is 12.2. The summed E-state index contributed by atoms with van der Waals surface area (Å²) in [5.41, 5.74) is 0.842. The van der Waals surface area contributed by atoms with E-state index in [1.807, 2.05) is 32.0 Å². The van der Waals surface area contributed by atoms with Crippen LogP contribution in [0.25, 0.3) is 5.69 Å². The molecule has 0 spiro atoms. The van der Waals surface area contributed by atoms with Crippen LogP contribution in [0, 0.1) is 6.92 Å². The predicted octanol–water partition coefficient (Wildman–Crippen LogP) is 0.928. The van der Waals surface area contributed by atoms with Gasteiger partial charge in [0.25, 0.3) is 11.5 Å². The van der Waals surface area contributed by atoms with Crippen molar-refractivity contribution >= 4 is 5.91 Å². The van der Waals surface area contributed by atoms with Gasteiger partial charge < -0.3 is 15.3 Å². The van der Waals surface area contributed by atoms with Crippen molar-refractivity contribution in [3.63, 3.8) is 0 Å². The molecule has 7 nitrogen and oxygen atoms in total. The Hall–Kier alpha value is -2.67. The molecule has 128 valence electrons. The number of carbonyl (C=O) groups is 1. The van der Waals surface area contributed by atoms with Crippen molar-refractivity contribution in [3.8, 4) is 11.4 Å². The van der Waals surface area contributed by atoms with Crippen LogP contribution in [-0.4, -0.2) is 52.9 Å². The second-order valence-electron chi connectivity index (χ2n) is 5.88. The van der Waals surface area contributed by atoms with E-state index in [0.29, 0.717) is 12.2 Å². The first kappa shape index (κ1) is 17.7. The summed E-state index contributed by atoms with van der Waals surface area (Å²) in [6.07, 6.45) is 0.775. The van der Waals surface area contributed by atoms with Crippen molar-refractivity contribution < 1.29 is 9.90 Å². The highest BCUT2D eigenvalue weighted by Crippen LogP contribution is 2.13. The van der Waals surface area contributed by atoms with Crippen molar-refractivity contribution in [1.82, 2.24) is 20.0 Å². The molecule has 2 aromatic rings. The van der Waals surface area contributed by atoms with Crippen molar-refractivity contribution in [2.45, 2.75) is 13.3 Å². The lowest BCUT2D eigenvalue weighted by molar-refractivity contribution is 0.0942. The van der Waals surface area contributed by atoms with Crippen LogP contribution in [0.5, 0.6) is 5.75 Å². The highest BCUT2D eigenvalue weighted by molar-refractivity contribution is 5.94. The van der Waals surface area contributed by atoms with Crippen LogP contribution < -0.4 is 10.9 Å². The first-order chi connectivity index (χ1) is 11.4. The fourth-order valence-corrected chi connectivity index (χ4v) is 2.23. The number of carbonyl (C=O) groups excluding carboxylic acids is 1. The summed E-state index contributed by atoms with van der Waals surface area (Å²) in [4.78, 5) is 26.3. The van der Waals surface area contributed by atoms with Crippen LogP contribution in [0.4, 0.5) is 0 Å². The monoisotopic (exact) mass is 330 g/mol. The zero-order valence-corrected chi connectivity index (χ0v) is 14.1. The molecule has 0 aliphatic heterocycles. The van der Waals surface area contributed by atoms with E-state index in [1.165, 1.54) is 0 Å². The van der Waals surface area contributed by atoms with Gasteiger partial charge in [0.15, 0.2) is 11.4 Å². The molecule has 0 atom stereocenters. The lowest BCUT2D eigenvalue weighted by Crippen LogP contribution is -2.31. The molecule has 0 saturated carbocycles. The minimum atomic E-state index is -0.507. The van der Waals surface area contributed by atoms with Crippen LogP contribution in [0.3, 0.4) is 0 Å². The lowest BCUT2D eigenvalue weighted by Gasteiger charge is -2.11. The van der Waals surface area contributed by atoms with Gasteiger partial charge in [0.05, 0.1) is 5.69 Å². The van der Waals surface area contributed by atoms with E-state index in [1.54, 1.807) is 18.2 Å². The van der Waals surface area contributed by atoms with Gasteiger partial charge in [0.2, 0.25) is 0 Å². The number of nitrogens with zero attached hydrogens (tertiary/aromatic N) is 3. The summed E-state index contributed by atoms with van der Waals surface area (Å²) < 4.78 is 1.11. The standard InChI is InChI=1S/C17H22N4O3/c1-12-6-4-7-13(10-12)21-15(23)11-14(22)16(19-21)17(24)18-8-5-9-20(2)3/h4,6-7,10-11,22H,5,8-9H2,1-3H3,(H,18,24). The number of amides is 1. The highest BCUT2D eigenvalue weighted by Gasteiger charge is 2.16. The van der Waals surface area contributed by atoms with Gasteiger partial charge in [-0.05, 0) is 51.7 Å². The predicted molar refractivity (Wildman–Crippen MR) is 91.7 cm³/mol. The number of aryl methyl sites for hydroxylation is 1. The normalized spacial score (nSPS) is 10.8. The Morgan fingerprint density at radius 1 is 1.33 bits per heavy atom. The molecule has 0 aliphatic carbocycles. The Balaban J connectivity index is 2.23. The fraction of sp³-hybridized carbons (Fsp3) is 0.353. The Labute approximate surface area is 140 Å². The van der Waals surface area contributed by atoms with E-state index in [2.05, 4.69) is 10.4 Å². The number of nitrogens with one attached hydrogen (secondary N) is 1. The smallest absolute Gasteiger partial charge is 0.275 e. The lowest BCUT2D eigenvalue weighted by atomic mass is 10.2. The van der Waals surface area contributed by atoms with Crippen LogP contribution in [0.15, 0.2) is 35.1 Å². The second-order valence-corrected chi connectivity index (χ2v) is 5.88. The van der Waals surface area contributed by atoms with E-state index in [0.717, 1.165) is 29.3 Å². The van der Waals surface area contributed by atoms with Gasteiger partial charge in [0.1, 0.15) is 0 Å². The number of aromatic hydroxyl groups is 1. The van der Waals surface area contributed by atoms with Gasteiger partial charge >= 0.3 is 0 Å². The van der Waals surface area contributed by atoms with Gasteiger partial charge in [-0.1, -0.05) is 12.1 Å². The Morgan fingerprint density at radius 2 is 2.08 bits per heavy atom. The number of aromatic nitrogens is 2. The summed E-state index contributed by atoms with van der Waals surface area (Å²) in [6.45, 7) is 3.19. The van der Waals surface area contributed by atoms with Gasteiger partial charge in [-0.3, -0.25) is 9.59 Å². The molecule has 24 heavy (non-hydrogen) atoms. The van der Waals surface area contributed by atoms with Crippen LogP contribution in [0.1, 0.15) is 22.5 Å². The minimum absolute atomic E-state index is 0.166. The summed E-state index contributed by atoms with van der Waals surface area (Å²) in [6, 6.07) is 8.20. The number of hydrogen-bond donors (Lipinski definition) is 2. The summed E-state index contributed by atoms with van der Waals surface area (Å²) in [5, 5.41) is 16.6. The van der Waals surface area contributed by atoms with Gasteiger partial charge in [-0.2, -0.15) is 9.78 Å². The molecule has 2 rings (SSSR count). The summed E-state index contributed by atoms with van der Waals surface area (Å²) >= 11 is 0. The molecule has 0 aliphatic rings. The first-order valence-electron chi connectivity index (χ1n) is 7.72. The van der Waals surface area contributed by atoms with Crippen LogP contribution >= 0.6 is 0 Å². The zero-order chi connectivity index (χ0) is 17.7. The third-order valence-corrected chi connectivity index (χ3v) is 3.44. The highest BCUT2D eigenvalue weighted by atomic mass is 16.3. The molecule has 0 unspecified atom stereocenters. The SMILES string of the molecule is Cc1cccc(-n2nc(C(=O)NCCCN(C)C)c(O)cc2=O)c1. The van der Waals surface area contributed by atoms with Crippen LogP contribution in [-0.2, 0) is 0 Å². The van der Waals surface area contributed by atoms with E-state index >= 15 is 0 Å². The van der Waals surface area contributed by atoms with E-state index in [9.17, 15) is 14.7 Å². The van der Waals surface area contributed by atoms with E-state index < -0.39 is 17.2 Å². The van der Waals surface area contributed by atoms with E-state index in [4.69, 9.17) is 0 Å². The number of rotatable bonds is 6. The topological polar surface area (TPSA) is 87.5 Å². The van der Waals surface area contributed by atoms with Crippen molar-refractivity contribution in [2.75, 3.05) is 27.2 Å². The third-order valence-electron chi connectivity index (χ3n) is 3.44. The molecular formula is C17H22N4O3. The quantitative estimate of drug-likeness (QED) is 0.769. The molecule has 1 heterocycles. The van der Waals surface area contributed by atoms with Gasteiger partial charge in [0, 0.05) is 12.6 Å². The summed E-state index contributed by atoms with van der Waals surface area (Å²) in [5.74, 6) is -0.929. The molecular weight excluding hydrogens is 308 g/mol. The number of benzene rings is 1. The zero-order valence-electron chi connectivity index (χ0n) is 14.1.